The van der Waals surface area contributed by atoms with Gasteiger partial charge in [0.2, 0.25) is 0 Å². The van der Waals surface area contributed by atoms with Crippen LogP contribution in [0.25, 0.3) is 0 Å². The lowest BCUT2D eigenvalue weighted by atomic mass is 10.1. The van der Waals surface area contributed by atoms with Crippen LogP contribution < -0.4 is 20.2 Å². The number of nitrogens with one attached hydrogen (secondary N) is 2. The summed E-state index contributed by atoms with van der Waals surface area (Å²) in [7, 11) is 0. The van der Waals surface area contributed by atoms with Crippen molar-refractivity contribution in [3.8, 4) is 11.5 Å². The fraction of sp³-hybridized carbons (Fsp3) is 0.154. The average Bonchev–Trinajstić information content (AvgIpc) is 2.85. The Bertz CT molecular complexity index is 1220. The normalized spacial score (nSPS) is 10.6. The minimum absolute atomic E-state index is 0.267. The van der Waals surface area contributed by atoms with Gasteiger partial charge in [-0.2, -0.15) is 5.10 Å². The monoisotopic (exact) mass is 537 g/mol. The van der Waals surface area contributed by atoms with Crippen molar-refractivity contribution in [3.05, 3.63) is 93.5 Å². The maximum atomic E-state index is 12.5. The number of amides is 2. The van der Waals surface area contributed by atoms with E-state index >= 15 is 0 Å². The van der Waals surface area contributed by atoms with E-state index in [0.717, 1.165) is 10.0 Å². The van der Waals surface area contributed by atoms with Crippen molar-refractivity contribution < 1.29 is 23.9 Å². The number of benzene rings is 3. The molecule has 0 atom stereocenters. The minimum Gasteiger partial charge on any atom is -0.494 e. The molecule has 2 N–H and O–H groups in total. The number of halogens is 1. The zero-order valence-electron chi connectivity index (χ0n) is 19.2. The summed E-state index contributed by atoms with van der Waals surface area (Å²) in [6.07, 6.45) is 1.36. The summed E-state index contributed by atoms with van der Waals surface area (Å²) in [5.41, 5.74) is 4.66. The third-order valence-corrected chi connectivity index (χ3v) is 5.18. The molecule has 0 unspecified atom stereocenters. The summed E-state index contributed by atoms with van der Waals surface area (Å²) in [6.45, 7) is 4.06. The van der Waals surface area contributed by atoms with Gasteiger partial charge >= 0.3 is 5.97 Å². The predicted octanol–water partition coefficient (Wildman–Crippen LogP) is 4.26. The Labute approximate surface area is 211 Å². The summed E-state index contributed by atoms with van der Waals surface area (Å²) >= 11 is 3.37. The Hall–Kier alpha value is -3.98. The van der Waals surface area contributed by atoms with Gasteiger partial charge in [0.05, 0.1) is 24.9 Å². The van der Waals surface area contributed by atoms with Crippen LogP contribution in [0.15, 0.2) is 76.3 Å². The Morgan fingerprint density at radius 1 is 0.971 bits per heavy atom. The third kappa shape index (κ3) is 7.79. The van der Waals surface area contributed by atoms with Crippen molar-refractivity contribution in [2.75, 3.05) is 13.2 Å². The molecule has 0 aliphatic heterocycles. The lowest BCUT2D eigenvalue weighted by molar-refractivity contribution is -0.120. The van der Waals surface area contributed by atoms with Gasteiger partial charge in [-0.15, -0.1) is 0 Å². The van der Waals surface area contributed by atoms with Crippen molar-refractivity contribution in [3.63, 3.8) is 0 Å². The zero-order valence-corrected chi connectivity index (χ0v) is 20.8. The first kappa shape index (κ1) is 25.6. The number of esters is 1. The molecule has 8 nitrogen and oxygen atoms in total. The summed E-state index contributed by atoms with van der Waals surface area (Å²) < 4.78 is 11.6. The Morgan fingerprint density at radius 3 is 2.34 bits per heavy atom. The molecule has 0 spiro atoms. The molecule has 3 aromatic carbocycles. The highest BCUT2D eigenvalue weighted by molar-refractivity contribution is 9.10. The second-order valence-electron chi connectivity index (χ2n) is 7.37. The van der Waals surface area contributed by atoms with E-state index in [1.54, 1.807) is 54.6 Å². The molecule has 3 aromatic rings. The van der Waals surface area contributed by atoms with Crippen LogP contribution in [0.4, 0.5) is 0 Å². The van der Waals surface area contributed by atoms with E-state index in [1.807, 2.05) is 26.0 Å². The standard InChI is InChI=1S/C26H24BrN3O5/c1-3-34-22-11-8-18(9-12-22)25(32)28-16-24(31)30-29-15-20-14-21(27)10-13-23(20)35-26(33)19-6-4-17(2)5-7-19/h4-15H,3,16H2,1-2H3,(H,28,32)(H,30,31)/b29-15+. The molecule has 0 fully saturated rings. The van der Waals surface area contributed by atoms with Gasteiger partial charge in [-0.3, -0.25) is 9.59 Å². The molecule has 0 saturated carbocycles. The van der Waals surface area contributed by atoms with Gasteiger partial charge in [0.1, 0.15) is 11.5 Å². The van der Waals surface area contributed by atoms with Crippen molar-refractivity contribution in [1.29, 1.82) is 0 Å². The van der Waals surface area contributed by atoms with Crippen LogP contribution in [-0.4, -0.2) is 37.1 Å². The van der Waals surface area contributed by atoms with E-state index in [9.17, 15) is 14.4 Å². The molecular weight excluding hydrogens is 514 g/mol. The van der Waals surface area contributed by atoms with E-state index < -0.39 is 17.8 Å². The molecule has 9 heteroatoms. The lowest BCUT2D eigenvalue weighted by Crippen LogP contribution is -2.34. The highest BCUT2D eigenvalue weighted by Crippen LogP contribution is 2.23. The molecule has 3 rings (SSSR count). The van der Waals surface area contributed by atoms with Crippen LogP contribution in [0.5, 0.6) is 11.5 Å². The van der Waals surface area contributed by atoms with E-state index in [-0.39, 0.29) is 12.3 Å². The first-order chi connectivity index (χ1) is 16.9. The number of ether oxygens (including phenoxy) is 2. The largest absolute Gasteiger partial charge is 0.494 e. The molecule has 0 saturated heterocycles. The van der Waals surface area contributed by atoms with Gasteiger partial charge in [-0.1, -0.05) is 33.6 Å². The van der Waals surface area contributed by atoms with Gasteiger partial charge in [0, 0.05) is 15.6 Å². The fourth-order valence-electron chi connectivity index (χ4n) is 2.91. The quantitative estimate of drug-likeness (QED) is 0.183. The number of aryl methyl sites for hydroxylation is 1. The van der Waals surface area contributed by atoms with Crippen LogP contribution in [0.3, 0.4) is 0 Å². The maximum absolute atomic E-state index is 12.5. The second kappa shape index (κ2) is 12.5. The summed E-state index contributed by atoms with van der Waals surface area (Å²) in [5.74, 6) is -0.491. The molecule has 2 amide bonds. The Morgan fingerprint density at radius 2 is 1.66 bits per heavy atom. The molecule has 0 aliphatic carbocycles. The number of carbonyl (C=O) groups excluding carboxylic acids is 3. The number of nitrogens with zero attached hydrogens (tertiary/aromatic N) is 1. The molecule has 0 heterocycles. The molecule has 35 heavy (non-hydrogen) atoms. The molecule has 0 aromatic heterocycles. The maximum Gasteiger partial charge on any atom is 0.343 e. The molecule has 0 radical (unpaired) electrons. The lowest BCUT2D eigenvalue weighted by Gasteiger charge is -2.08. The SMILES string of the molecule is CCOc1ccc(C(=O)NCC(=O)N/N=C/c2cc(Br)ccc2OC(=O)c2ccc(C)cc2)cc1. The smallest absolute Gasteiger partial charge is 0.343 e. The highest BCUT2D eigenvalue weighted by Gasteiger charge is 2.12. The van der Waals surface area contributed by atoms with Gasteiger partial charge in [0.15, 0.2) is 0 Å². The summed E-state index contributed by atoms with van der Waals surface area (Å²) in [6, 6.07) is 18.7. The van der Waals surface area contributed by atoms with Crippen molar-refractivity contribution in [2.24, 2.45) is 5.10 Å². The van der Waals surface area contributed by atoms with Crippen molar-refractivity contribution in [1.82, 2.24) is 10.7 Å². The number of hydrazone groups is 1. The first-order valence-corrected chi connectivity index (χ1v) is 11.6. The van der Waals surface area contributed by atoms with Crippen LogP contribution in [0, 0.1) is 6.92 Å². The Kier molecular flexibility index (Phi) is 9.14. The predicted molar refractivity (Wildman–Crippen MR) is 136 cm³/mol. The molecule has 180 valence electrons. The summed E-state index contributed by atoms with van der Waals surface area (Å²) in [4.78, 5) is 36.8. The van der Waals surface area contributed by atoms with Gasteiger partial charge in [-0.25, -0.2) is 10.2 Å². The van der Waals surface area contributed by atoms with Crippen molar-refractivity contribution in [2.45, 2.75) is 13.8 Å². The van der Waals surface area contributed by atoms with Crippen LogP contribution in [0.2, 0.25) is 0 Å². The van der Waals surface area contributed by atoms with Gasteiger partial charge < -0.3 is 14.8 Å². The number of hydrogen-bond acceptors (Lipinski definition) is 6. The topological polar surface area (TPSA) is 106 Å². The van der Waals surface area contributed by atoms with Crippen LogP contribution >= 0.6 is 15.9 Å². The highest BCUT2D eigenvalue weighted by atomic mass is 79.9. The number of hydrogen-bond donors (Lipinski definition) is 2. The number of carbonyl (C=O) groups is 3. The van der Waals surface area contributed by atoms with Crippen LogP contribution in [-0.2, 0) is 4.79 Å². The fourth-order valence-corrected chi connectivity index (χ4v) is 3.29. The van der Waals surface area contributed by atoms with Crippen LogP contribution in [0.1, 0.15) is 38.8 Å². The van der Waals surface area contributed by atoms with E-state index in [1.165, 1.54) is 6.21 Å². The molecule has 0 bridgehead atoms. The second-order valence-corrected chi connectivity index (χ2v) is 8.29. The zero-order chi connectivity index (χ0) is 25.2. The average molecular weight is 538 g/mol. The Balaban J connectivity index is 1.55. The van der Waals surface area contributed by atoms with E-state index in [2.05, 4.69) is 31.8 Å². The molecule has 0 aliphatic rings. The van der Waals surface area contributed by atoms with E-state index in [4.69, 9.17) is 9.47 Å². The molecular formula is C26H24BrN3O5. The third-order valence-electron chi connectivity index (χ3n) is 4.69. The number of rotatable bonds is 9. The van der Waals surface area contributed by atoms with Gasteiger partial charge in [-0.05, 0) is 68.4 Å². The van der Waals surface area contributed by atoms with E-state index in [0.29, 0.717) is 29.0 Å². The first-order valence-electron chi connectivity index (χ1n) is 10.8. The summed E-state index contributed by atoms with van der Waals surface area (Å²) in [5, 5.41) is 6.44. The van der Waals surface area contributed by atoms with Crippen molar-refractivity contribution >= 4 is 39.9 Å². The minimum atomic E-state index is -0.520. The van der Waals surface area contributed by atoms with Gasteiger partial charge in [0.25, 0.3) is 11.8 Å².